The highest BCUT2D eigenvalue weighted by Crippen LogP contribution is 2.26. The Labute approximate surface area is 196 Å². The topological polar surface area (TPSA) is 60.1 Å². The molecule has 0 radical (unpaired) electrons. The Hall–Kier alpha value is -3.83. The summed E-state index contributed by atoms with van der Waals surface area (Å²) < 4.78 is 7.79. The Morgan fingerprint density at radius 1 is 1.03 bits per heavy atom. The van der Waals surface area contributed by atoms with Gasteiger partial charge >= 0.3 is 0 Å². The third-order valence-electron chi connectivity index (χ3n) is 5.71. The third-order valence-corrected chi connectivity index (χ3v) is 5.97. The number of imidazole rings is 1. The quantitative estimate of drug-likeness (QED) is 0.331. The van der Waals surface area contributed by atoms with Crippen molar-refractivity contribution >= 4 is 28.5 Å². The highest BCUT2D eigenvalue weighted by atomic mass is 35.5. The number of hydrogen-bond acceptors (Lipinski definition) is 3. The van der Waals surface area contributed by atoms with E-state index in [1.54, 1.807) is 6.07 Å². The molecule has 0 saturated carbocycles. The number of carbonyl (C=O) groups is 1. The van der Waals surface area contributed by atoms with Gasteiger partial charge in [-0.25, -0.2) is 4.98 Å². The summed E-state index contributed by atoms with van der Waals surface area (Å²) in [4.78, 5) is 17.8. The molecule has 3 aromatic carbocycles. The number of para-hydroxylation sites is 1. The van der Waals surface area contributed by atoms with Crippen LogP contribution in [0.3, 0.4) is 0 Å². The van der Waals surface area contributed by atoms with Crippen LogP contribution in [0.5, 0.6) is 0 Å². The molecular weight excluding hydrogens is 434 g/mol. The highest BCUT2D eigenvalue weighted by Gasteiger charge is 2.23. The molecule has 0 spiro atoms. The van der Waals surface area contributed by atoms with Crippen molar-refractivity contribution in [3.05, 3.63) is 113 Å². The third kappa shape index (κ3) is 4.41. The molecule has 6 heteroatoms. The molecule has 5 nitrogen and oxygen atoms in total. The first-order valence-electron chi connectivity index (χ1n) is 10.7. The van der Waals surface area contributed by atoms with Crippen molar-refractivity contribution in [2.45, 2.75) is 12.5 Å². The second kappa shape index (κ2) is 8.96. The molecule has 0 aliphatic heterocycles. The van der Waals surface area contributed by atoms with Crippen LogP contribution in [0.4, 0.5) is 0 Å². The van der Waals surface area contributed by atoms with Crippen LogP contribution in [0.15, 0.2) is 95.5 Å². The average molecular weight is 456 g/mol. The molecule has 0 bridgehead atoms. The first-order chi connectivity index (χ1) is 16.1. The van der Waals surface area contributed by atoms with E-state index in [-0.39, 0.29) is 17.7 Å². The molecule has 1 atom stereocenters. The SMILES string of the molecule is Cn1c(-c2ccc(Cl)cc2)cnc1[C@H](Cc1ccccc1)NC(=O)c1cc2ccccc2o1. The lowest BCUT2D eigenvalue weighted by Crippen LogP contribution is -2.31. The van der Waals surface area contributed by atoms with E-state index >= 15 is 0 Å². The van der Waals surface area contributed by atoms with E-state index < -0.39 is 0 Å². The fourth-order valence-corrected chi connectivity index (χ4v) is 4.14. The van der Waals surface area contributed by atoms with Crippen LogP contribution in [0, 0.1) is 0 Å². The van der Waals surface area contributed by atoms with Crippen LogP contribution < -0.4 is 5.32 Å². The molecule has 164 valence electrons. The van der Waals surface area contributed by atoms with Crippen molar-refractivity contribution in [2.24, 2.45) is 7.05 Å². The van der Waals surface area contributed by atoms with E-state index in [2.05, 4.69) is 10.3 Å². The van der Waals surface area contributed by atoms with Gasteiger partial charge in [-0.1, -0.05) is 72.3 Å². The van der Waals surface area contributed by atoms with Crippen molar-refractivity contribution in [1.29, 1.82) is 0 Å². The van der Waals surface area contributed by atoms with Crippen LogP contribution in [-0.4, -0.2) is 15.5 Å². The van der Waals surface area contributed by atoms with Crippen molar-refractivity contribution in [1.82, 2.24) is 14.9 Å². The van der Waals surface area contributed by atoms with Gasteiger partial charge in [-0.3, -0.25) is 4.79 Å². The van der Waals surface area contributed by atoms with Crippen LogP contribution in [0.1, 0.15) is 28.0 Å². The summed E-state index contributed by atoms with van der Waals surface area (Å²) in [6, 6.07) is 26.7. The maximum atomic E-state index is 13.2. The maximum absolute atomic E-state index is 13.2. The number of halogens is 1. The maximum Gasteiger partial charge on any atom is 0.287 e. The van der Waals surface area contributed by atoms with E-state index in [0.29, 0.717) is 17.0 Å². The predicted molar refractivity (Wildman–Crippen MR) is 130 cm³/mol. The lowest BCUT2D eigenvalue weighted by Gasteiger charge is -2.19. The van der Waals surface area contributed by atoms with E-state index in [0.717, 1.165) is 28.0 Å². The molecule has 1 amide bonds. The van der Waals surface area contributed by atoms with Gasteiger partial charge in [0.1, 0.15) is 11.4 Å². The second-order valence-electron chi connectivity index (χ2n) is 7.93. The Bertz CT molecular complexity index is 1370. The molecule has 0 aliphatic rings. The summed E-state index contributed by atoms with van der Waals surface area (Å²) in [5.74, 6) is 0.762. The van der Waals surface area contributed by atoms with Crippen LogP contribution in [0.2, 0.25) is 5.02 Å². The van der Waals surface area contributed by atoms with E-state index in [1.807, 2.05) is 96.7 Å². The zero-order valence-electron chi connectivity index (χ0n) is 18.0. The number of benzene rings is 3. The Morgan fingerprint density at radius 2 is 1.76 bits per heavy atom. The average Bonchev–Trinajstić information content (AvgIpc) is 3.44. The number of aromatic nitrogens is 2. The standard InChI is InChI=1S/C27H22ClN3O2/c1-31-23(19-11-13-21(28)14-12-19)17-29-26(31)22(15-18-7-3-2-4-8-18)30-27(32)25-16-20-9-5-6-10-24(20)33-25/h2-14,16-17,22H,15H2,1H3,(H,30,32)/t22-/m0/s1. The molecule has 5 rings (SSSR count). The van der Waals surface area contributed by atoms with Crippen molar-refractivity contribution in [3.63, 3.8) is 0 Å². The molecule has 2 heterocycles. The zero-order valence-corrected chi connectivity index (χ0v) is 18.8. The van der Waals surface area contributed by atoms with Gasteiger partial charge in [-0.05, 0) is 41.8 Å². The van der Waals surface area contributed by atoms with Gasteiger partial charge in [-0.15, -0.1) is 0 Å². The minimum atomic E-state index is -0.348. The number of nitrogens with one attached hydrogen (secondary N) is 1. The summed E-state index contributed by atoms with van der Waals surface area (Å²) in [5.41, 5.74) is 3.73. The molecule has 2 aromatic heterocycles. The van der Waals surface area contributed by atoms with E-state index in [9.17, 15) is 4.79 Å². The summed E-state index contributed by atoms with van der Waals surface area (Å²) in [6.07, 6.45) is 2.42. The Balaban J connectivity index is 1.48. The lowest BCUT2D eigenvalue weighted by molar-refractivity contribution is 0.0908. The predicted octanol–water partition coefficient (Wildman–Crippen LogP) is 6.20. The highest BCUT2D eigenvalue weighted by molar-refractivity contribution is 6.30. The van der Waals surface area contributed by atoms with Crippen molar-refractivity contribution in [2.75, 3.05) is 0 Å². The molecule has 0 aliphatic carbocycles. The summed E-state index contributed by atoms with van der Waals surface area (Å²) >= 11 is 6.05. The molecule has 5 aromatic rings. The van der Waals surface area contributed by atoms with Gasteiger partial charge < -0.3 is 14.3 Å². The minimum absolute atomic E-state index is 0.275. The molecule has 0 unspecified atom stereocenters. The smallest absolute Gasteiger partial charge is 0.287 e. The normalized spacial score (nSPS) is 12.1. The van der Waals surface area contributed by atoms with Crippen LogP contribution in [-0.2, 0) is 13.5 Å². The van der Waals surface area contributed by atoms with E-state index in [4.69, 9.17) is 16.0 Å². The number of rotatable bonds is 6. The summed E-state index contributed by atoms with van der Waals surface area (Å²) in [6.45, 7) is 0. The molecule has 1 N–H and O–H groups in total. The number of amides is 1. The summed E-state index contributed by atoms with van der Waals surface area (Å²) in [5, 5.41) is 4.71. The van der Waals surface area contributed by atoms with Gasteiger partial charge in [0.15, 0.2) is 5.76 Å². The second-order valence-corrected chi connectivity index (χ2v) is 8.37. The minimum Gasteiger partial charge on any atom is -0.451 e. The number of fused-ring (bicyclic) bond motifs is 1. The number of hydrogen-bond donors (Lipinski definition) is 1. The molecular formula is C27H22ClN3O2. The zero-order chi connectivity index (χ0) is 22.8. The lowest BCUT2D eigenvalue weighted by atomic mass is 10.0. The number of carbonyl (C=O) groups excluding carboxylic acids is 1. The van der Waals surface area contributed by atoms with Crippen LogP contribution >= 0.6 is 11.6 Å². The fraction of sp³-hybridized carbons (Fsp3) is 0.111. The summed E-state index contributed by atoms with van der Waals surface area (Å²) in [7, 11) is 1.96. The number of furan rings is 1. The van der Waals surface area contributed by atoms with Gasteiger partial charge in [0.25, 0.3) is 5.91 Å². The molecule has 0 fully saturated rings. The largest absolute Gasteiger partial charge is 0.451 e. The van der Waals surface area contributed by atoms with Gasteiger partial charge in [0.05, 0.1) is 17.9 Å². The monoisotopic (exact) mass is 455 g/mol. The first-order valence-corrected chi connectivity index (χ1v) is 11.1. The van der Waals surface area contributed by atoms with Gasteiger partial charge in [0, 0.05) is 17.5 Å². The van der Waals surface area contributed by atoms with Crippen molar-refractivity contribution < 1.29 is 9.21 Å². The van der Waals surface area contributed by atoms with Crippen molar-refractivity contribution in [3.8, 4) is 11.3 Å². The van der Waals surface area contributed by atoms with Crippen LogP contribution in [0.25, 0.3) is 22.2 Å². The Kier molecular flexibility index (Phi) is 5.71. The fourth-order valence-electron chi connectivity index (χ4n) is 4.02. The number of nitrogens with zero attached hydrogens (tertiary/aromatic N) is 2. The Morgan fingerprint density at radius 3 is 2.52 bits per heavy atom. The van der Waals surface area contributed by atoms with Gasteiger partial charge in [0.2, 0.25) is 0 Å². The first kappa shape index (κ1) is 21.0. The molecule has 33 heavy (non-hydrogen) atoms. The van der Waals surface area contributed by atoms with E-state index in [1.165, 1.54) is 0 Å². The van der Waals surface area contributed by atoms with Gasteiger partial charge in [-0.2, -0.15) is 0 Å². The molecule has 0 saturated heterocycles.